The largest absolute Gasteiger partial charge is 1.00 e. The smallest absolute Gasteiger partial charge is 0.341 e. The van der Waals surface area contributed by atoms with Crippen LogP contribution in [0.4, 0.5) is 0 Å². The summed E-state index contributed by atoms with van der Waals surface area (Å²) in [6.45, 7) is 0.487. The molecule has 0 unspecified atom stereocenters. The number of nitrogens with zero attached hydrogens (tertiary/aromatic N) is 1. The minimum absolute atomic E-state index is 0. The van der Waals surface area contributed by atoms with Crippen molar-refractivity contribution in [2.75, 3.05) is 0 Å². The molecule has 0 aliphatic rings. The summed E-state index contributed by atoms with van der Waals surface area (Å²) in [6, 6.07) is 9.66. The predicted molar refractivity (Wildman–Crippen MR) is 66.1 cm³/mol. The number of hydrogen-bond donors (Lipinski definition) is 2. The minimum atomic E-state index is -0.976. The maximum Gasteiger partial charge on any atom is 0.341 e. The fraction of sp³-hybridized carbons (Fsp3) is 0.0714. The maximum atomic E-state index is 10.8. The van der Waals surface area contributed by atoms with Crippen LogP contribution in [0, 0.1) is 0 Å². The Morgan fingerprint density at radius 2 is 1.55 bits per heavy atom. The molecule has 0 radical (unpaired) electrons. The van der Waals surface area contributed by atoms with E-state index in [9.17, 15) is 9.59 Å². The van der Waals surface area contributed by atoms with Gasteiger partial charge in [-0.2, -0.15) is 4.57 Å². The molecule has 0 amide bonds. The van der Waals surface area contributed by atoms with Crippen LogP contribution in [0.1, 0.15) is 26.3 Å². The highest BCUT2D eigenvalue weighted by Crippen LogP contribution is 2.04. The number of aromatic carboxylic acids is 2. The second-order valence-corrected chi connectivity index (χ2v) is 4.07. The van der Waals surface area contributed by atoms with Crippen LogP contribution in [0.25, 0.3) is 0 Å². The molecule has 0 saturated carbocycles. The van der Waals surface area contributed by atoms with Gasteiger partial charge in [0.15, 0.2) is 18.9 Å². The highest BCUT2D eigenvalue weighted by Gasteiger charge is 2.10. The molecule has 1 aromatic carbocycles. The number of pyridine rings is 1. The third-order valence-corrected chi connectivity index (χ3v) is 2.67. The lowest BCUT2D eigenvalue weighted by Gasteiger charge is -2.00. The Labute approximate surface area is 114 Å². The van der Waals surface area contributed by atoms with Gasteiger partial charge in [0.1, 0.15) is 5.56 Å². The van der Waals surface area contributed by atoms with Gasteiger partial charge in [0.2, 0.25) is 0 Å². The zero-order valence-electron chi connectivity index (χ0n) is 10.4. The number of carboxylic acids is 2. The molecular formula is C14H12FNO4. The Morgan fingerprint density at radius 1 is 0.950 bits per heavy atom. The third kappa shape index (κ3) is 3.61. The topological polar surface area (TPSA) is 78.5 Å². The number of carboxylic acid groups (broad SMARTS) is 2. The monoisotopic (exact) mass is 277 g/mol. The standard InChI is InChI=1S/C14H11NO4.FH/c16-13(17)11-5-3-10(4-6-11)8-15-7-1-2-12(9-15)14(18)19;/h1-7,9H,8H2,(H-,16,17,18,19);1H. The van der Waals surface area contributed by atoms with E-state index >= 15 is 0 Å². The van der Waals surface area contributed by atoms with Crippen LogP contribution in [0.5, 0.6) is 0 Å². The molecule has 1 aromatic heterocycles. The number of halogens is 1. The summed E-state index contributed by atoms with van der Waals surface area (Å²) in [5, 5.41) is 17.7. The van der Waals surface area contributed by atoms with Crippen molar-refractivity contribution in [3.05, 3.63) is 65.5 Å². The van der Waals surface area contributed by atoms with Gasteiger partial charge in [0, 0.05) is 11.6 Å². The zero-order chi connectivity index (χ0) is 13.8. The second kappa shape index (κ2) is 6.42. The van der Waals surface area contributed by atoms with Gasteiger partial charge >= 0.3 is 11.9 Å². The first kappa shape index (κ1) is 15.3. The Bertz CT molecular complexity index is 625. The molecule has 2 rings (SSSR count). The van der Waals surface area contributed by atoms with Crippen molar-refractivity contribution in [3.8, 4) is 0 Å². The van der Waals surface area contributed by atoms with E-state index in [0.29, 0.717) is 6.54 Å². The van der Waals surface area contributed by atoms with Crippen molar-refractivity contribution in [1.82, 2.24) is 0 Å². The lowest BCUT2D eigenvalue weighted by atomic mass is 10.1. The van der Waals surface area contributed by atoms with E-state index in [4.69, 9.17) is 10.2 Å². The minimum Gasteiger partial charge on any atom is -1.00 e. The van der Waals surface area contributed by atoms with Crippen LogP contribution in [-0.4, -0.2) is 22.2 Å². The lowest BCUT2D eigenvalue weighted by Crippen LogP contribution is -3.00. The Morgan fingerprint density at radius 3 is 2.10 bits per heavy atom. The number of benzene rings is 1. The van der Waals surface area contributed by atoms with Crippen molar-refractivity contribution in [2.45, 2.75) is 6.54 Å². The van der Waals surface area contributed by atoms with E-state index in [2.05, 4.69) is 0 Å². The van der Waals surface area contributed by atoms with Gasteiger partial charge in [-0.15, -0.1) is 0 Å². The van der Waals surface area contributed by atoms with Crippen LogP contribution in [-0.2, 0) is 6.54 Å². The van der Waals surface area contributed by atoms with E-state index in [-0.39, 0.29) is 15.8 Å². The van der Waals surface area contributed by atoms with Crippen LogP contribution in [0.15, 0.2) is 48.8 Å². The zero-order valence-corrected chi connectivity index (χ0v) is 10.4. The van der Waals surface area contributed by atoms with Crippen LogP contribution in [0.3, 0.4) is 0 Å². The first-order chi connectivity index (χ1) is 9.06. The predicted octanol–water partition coefficient (Wildman–Crippen LogP) is -1.58. The molecule has 20 heavy (non-hydrogen) atoms. The molecule has 5 nitrogen and oxygen atoms in total. The molecule has 0 spiro atoms. The van der Waals surface area contributed by atoms with E-state index in [1.807, 2.05) is 0 Å². The van der Waals surface area contributed by atoms with Gasteiger partial charge in [-0.05, 0) is 18.2 Å². The molecule has 6 heteroatoms. The lowest BCUT2D eigenvalue weighted by molar-refractivity contribution is -0.688. The third-order valence-electron chi connectivity index (χ3n) is 2.67. The molecule has 0 bridgehead atoms. The molecule has 1 heterocycles. The summed E-state index contributed by atoms with van der Waals surface area (Å²) in [5.74, 6) is -1.94. The molecule has 0 saturated heterocycles. The van der Waals surface area contributed by atoms with Gasteiger partial charge in [0.05, 0.1) is 5.56 Å². The van der Waals surface area contributed by atoms with Crippen molar-refractivity contribution in [1.29, 1.82) is 0 Å². The first-order valence-corrected chi connectivity index (χ1v) is 5.61. The van der Waals surface area contributed by atoms with Gasteiger partial charge < -0.3 is 14.9 Å². The summed E-state index contributed by atoms with van der Waals surface area (Å²) in [5.41, 5.74) is 1.34. The molecule has 0 aliphatic carbocycles. The number of rotatable bonds is 4. The number of carbonyl (C=O) groups is 2. The van der Waals surface area contributed by atoms with Crippen LogP contribution >= 0.6 is 0 Å². The van der Waals surface area contributed by atoms with Crippen molar-refractivity contribution < 1.29 is 29.1 Å². The normalized spacial score (nSPS) is 9.60. The molecule has 2 aromatic rings. The van der Waals surface area contributed by atoms with Gasteiger partial charge in [-0.3, -0.25) is 0 Å². The summed E-state index contributed by atoms with van der Waals surface area (Å²) < 4.78 is 1.74. The molecule has 0 fully saturated rings. The van der Waals surface area contributed by atoms with Gasteiger partial charge in [-0.1, -0.05) is 12.1 Å². The van der Waals surface area contributed by atoms with E-state index in [1.165, 1.54) is 24.4 Å². The first-order valence-electron chi connectivity index (χ1n) is 5.61. The Hall–Kier alpha value is -2.76. The fourth-order valence-electron chi connectivity index (χ4n) is 1.71. The fourth-order valence-corrected chi connectivity index (χ4v) is 1.71. The van der Waals surface area contributed by atoms with E-state index < -0.39 is 11.9 Å². The van der Waals surface area contributed by atoms with E-state index in [1.54, 1.807) is 29.0 Å². The maximum absolute atomic E-state index is 10.8. The summed E-state index contributed by atoms with van der Waals surface area (Å²) >= 11 is 0. The quantitative estimate of drug-likeness (QED) is 0.661. The number of aromatic nitrogens is 1. The molecule has 0 aliphatic heterocycles. The highest BCUT2D eigenvalue weighted by atomic mass is 19.0. The molecule has 2 N–H and O–H groups in total. The summed E-state index contributed by atoms with van der Waals surface area (Å²) in [4.78, 5) is 21.6. The van der Waals surface area contributed by atoms with E-state index in [0.717, 1.165) is 5.56 Å². The SMILES string of the molecule is O=C(O)c1ccc(C[n+]2cccc(C(=O)O)c2)cc1.[F-]. The van der Waals surface area contributed by atoms with Gasteiger partial charge in [0.25, 0.3) is 0 Å². The molecule has 104 valence electrons. The second-order valence-electron chi connectivity index (χ2n) is 4.07. The molecular weight excluding hydrogens is 265 g/mol. The van der Waals surface area contributed by atoms with Crippen molar-refractivity contribution >= 4 is 11.9 Å². The molecule has 0 atom stereocenters. The number of hydrogen-bond acceptors (Lipinski definition) is 2. The Kier molecular flexibility index (Phi) is 4.91. The summed E-state index contributed by atoms with van der Waals surface area (Å²) in [7, 11) is 0. The van der Waals surface area contributed by atoms with Crippen molar-refractivity contribution in [3.63, 3.8) is 0 Å². The van der Waals surface area contributed by atoms with Crippen molar-refractivity contribution in [2.24, 2.45) is 0 Å². The summed E-state index contributed by atoms with van der Waals surface area (Å²) in [6.07, 6.45) is 3.30. The Balaban J connectivity index is 0.00000200. The highest BCUT2D eigenvalue weighted by molar-refractivity contribution is 5.87. The average molecular weight is 277 g/mol. The van der Waals surface area contributed by atoms with Gasteiger partial charge in [-0.25, -0.2) is 9.59 Å². The van der Waals surface area contributed by atoms with Crippen LogP contribution < -0.4 is 9.27 Å². The average Bonchev–Trinajstić information content (AvgIpc) is 2.39. The van der Waals surface area contributed by atoms with Crippen LogP contribution in [0.2, 0.25) is 0 Å².